The molecule has 0 radical (unpaired) electrons. The molecular weight excluding hydrogens is 427 g/mol. The number of pyridine rings is 1. The summed E-state index contributed by atoms with van der Waals surface area (Å²) >= 11 is 1.26. The van der Waals surface area contributed by atoms with Gasteiger partial charge in [0.1, 0.15) is 27.7 Å². The molecule has 6 nitrogen and oxygen atoms in total. The van der Waals surface area contributed by atoms with Crippen LogP contribution in [0.2, 0.25) is 0 Å². The van der Waals surface area contributed by atoms with Gasteiger partial charge in [-0.25, -0.2) is 14.4 Å². The predicted octanol–water partition coefficient (Wildman–Crippen LogP) is 4.76. The number of halogens is 1. The monoisotopic (exact) mass is 444 g/mol. The average molecular weight is 444 g/mol. The Morgan fingerprint density at radius 2 is 1.88 bits per heavy atom. The quantitative estimate of drug-likeness (QED) is 0.434. The largest absolute Gasteiger partial charge is 0.324 e. The third-order valence-corrected chi connectivity index (χ3v) is 6.19. The van der Waals surface area contributed by atoms with Crippen molar-refractivity contribution in [2.45, 2.75) is 13.5 Å². The summed E-state index contributed by atoms with van der Waals surface area (Å²) < 4.78 is 15.1. The van der Waals surface area contributed by atoms with E-state index in [0.717, 1.165) is 16.6 Å². The first-order chi connectivity index (χ1) is 15.5. The lowest BCUT2D eigenvalue weighted by molar-refractivity contribution is -0.116. The van der Waals surface area contributed by atoms with Crippen LogP contribution in [0.4, 0.5) is 10.1 Å². The number of fused-ring (bicyclic) bond motifs is 3. The summed E-state index contributed by atoms with van der Waals surface area (Å²) in [5.41, 5.74) is 2.42. The van der Waals surface area contributed by atoms with Gasteiger partial charge in [0.2, 0.25) is 5.91 Å². The molecule has 1 N–H and O–H groups in total. The zero-order chi connectivity index (χ0) is 22.2. The van der Waals surface area contributed by atoms with Crippen molar-refractivity contribution in [2.75, 3.05) is 5.32 Å². The second-order valence-corrected chi connectivity index (χ2v) is 8.30. The summed E-state index contributed by atoms with van der Waals surface area (Å²) in [6.07, 6.45) is 0. The Morgan fingerprint density at radius 3 is 2.66 bits per heavy atom. The minimum absolute atomic E-state index is 0.221. The fraction of sp³-hybridized carbons (Fsp3) is 0.0833. The van der Waals surface area contributed by atoms with E-state index < -0.39 is 11.7 Å². The molecule has 3 heterocycles. The van der Waals surface area contributed by atoms with E-state index in [9.17, 15) is 14.0 Å². The van der Waals surface area contributed by atoms with Crippen LogP contribution in [0.1, 0.15) is 5.82 Å². The van der Waals surface area contributed by atoms with Gasteiger partial charge in [-0.1, -0.05) is 36.4 Å². The van der Waals surface area contributed by atoms with E-state index in [1.54, 1.807) is 13.0 Å². The van der Waals surface area contributed by atoms with Crippen LogP contribution < -0.4 is 10.9 Å². The zero-order valence-electron chi connectivity index (χ0n) is 17.0. The molecule has 158 valence electrons. The van der Waals surface area contributed by atoms with Crippen LogP contribution in [-0.2, 0) is 11.3 Å². The highest BCUT2D eigenvalue weighted by Crippen LogP contribution is 2.31. The molecule has 0 saturated carbocycles. The Hall–Kier alpha value is -3.91. The van der Waals surface area contributed by atoms with Crippen LogP contribution in [0.5, 0.6) is 0 Å². The first kappa shape index (κ1) is 20.0. The minimum atomic E-state index is -0.452. The van der Waals surface area contributed by atoms with Gasteiger partial charge < -0.3 is 5.32 Å². The van der Waals surface area contributed by atoms with Gasteiger partial charge in [0.15, 0.2) is 0 Å². The van der Waals surface area contributed by atoms with Gasteiger partial charge in [0, 0.05) is 16.6 Å². The molecule has 0 fully saturated rings. The Bertz CT molecular complexity index is 1540. The summed E-state index contributed by atoms with van der Waals surface area (Å²) in [7, 11) is 0. The molecule has 0 bridgehead atoms. The first-order valence-electron chi connectivity index (χ1n) is 9.91. The number of nitrogens with zero attached hydrogens (tertiary/aromatic N) is 3. The van der Waals surface area contributed by atoms with E-state index >= 15 is 0 Å². The fourth-order valence-corrected chi connectivity index (χ4v) is 4.64. The van der Waals surface area contributed by atoms with E-state index in [1.807, 2.05) is 42.5 Å². The fourth-order valence-electron chi connectivity index (χ4n) is 3.58. The molecule has 0 unspecified atom stereocenters. The molecule has 5 rings (SSSR count). The van der Waals surface area contributed by atoms with Crippen LogP contribution in [-0.4, -0.2) is 20.4 Å². The second-order valence-electron chi connectivity index (χ2n) is 7.30. The molecule has 0 spiro atoms. The van der Waals surface area contributed by atoms with E-state index in [-0.39, 0.29) is 12.1 Å². The van der Waals surface area contributed by atoms with Crippen molar-refractivity contribution in [3.05, 3.63) is 88.7 Å². The zero-order valence-corrected chi connectivity index (χ0v) is 17.8. The van der Waals surface area contributed by atoms with Crippen molar-refractivity contribution in [3.63, 3.8) is 0 Å². The summed E-state index contributed by atoms with van der Waals surface area (Å²) in [6, 6.07) is 19.2. The summed E-state index contributed by atoms with van der Waals surface area (Å²) in [5.74, 6) is -0.469. The summed E-state index contributed by atoms with van der Waals surface area (Å²) in [4.78, 5) is 35.7. The Balaban J connectivity index is 1.52. The molecule has 0 saturated heterocycles. The van der Waals surface area contributed by atoms with Crippen molar-refractivity contribution in [1.29, 1.82) is 0 Å². The number of hydrogen-bond acceptors (Lipinski definition) is 5. The summed E-state index contributed by atoms with van der Waals surface area (Å²) in [6.45, 7) is 1.46. The number of carbonyl (C=O) groups is 1. The molecule has 3 aromatic heterocycles. The highest BCUT2D eigenvalue weighted by atomic mass is 32.1. The number of carbonyl (C=O) groups excluding carboxylic acids is 1. The first-order valence-corrected chi connectivity index (χ1v) is 10.7. The number of benzene rings is 2. The number of anilines is 1. The van der Waals surface area contributed by atoms with Gasteiger partial charge in [-0.05, 0) is 37.3 Å². The van der Waals surface area contributed by atoms with Crippen LogP contribution in [0.3, 0.4) is 0 Å². The van der Waals surface area contributed by atoms with Crippen molar-refractivity contribution >= 4 is 43.4 Å². The van der Waals surface area contributed by atoms with Crippen LogP contribution in [0.15, 0.2) is 71.5 Å². The molecule has 5 aromatic rings. The Morgan fingerprint density at radius 1 is 1.06 bits per heavy atom. The number of nitrogens with one attached hydrogen (secondary N) is 1. The third-order valence-electron chi connectivity index (χ3n) is 5.11. The van der Waals surface area contributed by atoms with Crippen LogP contribution in [0.25, 0.3) is 31.7 Å². The van der Waals surface area contributed by atoms with Crippen molar-refractivity contribution < 1.29 is 9.18 Å². The number of aryl methyl sites for hydroxylation is 1. The minimum Gasteiger partial charge on any atom is -0.324 e. The van der Waals surface area contributed by atoms with E-state index in [4.69, 9.17) is 4.98 Å². The highest BCUT2D eigenvalue weighted by Gasteiger charge is 2.17. The normalized spacial score (nSPS) is 11.2. The lowest BCUT2D eigenvalue weighted by Gasteiger charge is -2.10. The van der Waals surface area contributed by atoms with Gasteiger partial charge >= 0.3 is 0 Å². The average Bonchev–Trinajstić information content (AvgIpc) is 3.15. The smallest absolute Gasteiger partial charge is 0.272 e. The Kier molecular flexibility index (Phi) is 4.99. The number of amides is 1. The van der Waals surface area contributed by atoms with Crippen molar-refractivity contribution in [1.82, 2.24) is 14.5 Å². The lowest BCUT2D eigenvalue weighted by Crippen LogP contribution is -2.29. The molecular formula is C24H17FN4O2S. The lowest BCUT2D eigenvalue weighted by atomic mass is 10.1. The topological polar surface area (TPSA) is 76.9 Å². The predicted molar refractivity (Wildman–Crippen MR) is 124 cm³/mol. The van der Waals surface area contributed by atoms with E-state index in [2.05, 4.69) is 10.3 Å². The molecule has 0 aliphatic heterocycles. The van der Waals surface area contributed by atoms with E-state index in [1.165, 1.54) is 34.1 Å². The standard InChI is InChI=1S/C24H17FN4O2S/c1-14-26-21-18-10-11-19(15-6-3-2-4-7-15)28-23(18)32-22(21)24(31)29(14)13-20(30)27-17-9-5-8-16(25)12-17/h2-12H,13H2,1H3,(H,27,30). The maximum absolute atomic E-state index is 13.4. The maximum Gasteiger partial charge on any atom is 0.272 e. The summed E-state index contributed by atoms with van der Waals surface area (Å²) in [5, 5.41) is 3.42. The van der Waals surface area contributed by atoms with Gasteiger partial charge in [0.05, 0.1) is 11.2 Å². The number of thiophene rings is 1. The molecule has 1 amide bonds. The molecule has 0 atom stereocenters. The van der Waals surface area contributed by atoms with Gasteiger partial charge in [-0.15, -0.1) is 11.3 Å². The number of hydrogen-bond donors (Lipinski definition) is 1. The van der Waals surface area contributed by atoms with Crippen molar-refractivity contribution in [3.8, 4) is 11.3 Å². The van der Waals surface area contributed by atoms with E-state index in [0.29, 0.717) is 26.6 Å². The molecule has 32 heavy (non-hydrogen) atoms. The molecule has 0 aliphatic rings. The maximum atomic E-state index is 13.4. The SMILES string of the molecule is Cc1nc2c(sc3nc(-c4ccccc4)ccc32)c(=O)n1CC(=O)Nc1cccc(F)c1. The number of aromatic nitrogens is 3. The molecule has 2 aromatic carbocycles. The molecule has 8 heteroatoms. The third kappa shape index (κ3) is 3.65. The van der Waals surface area contributed by atoms with Crippen molar-refractivity contribution in [2.24, 2.45) is 0 Å². The highest BCUT2D eigenvalue weighted by molar-refractivity contribution is 7.25. The van der Waals surface area contributed by atoms with Crippen LogP contribution in [0, 0.1) is 12.7 Å². The van der Waals surface area contributed by atoms with Gasteiger partial charge in [0.25, 0.3) is 5.56 Å². The van der Waals surface area contributed by atoms with Gasteiger partial charge in [-0.3, -0.25) is 14.2 Å². The Labute approximate surface area is 186 Å². The number of rotatable bonds is 4. The van der Waals surface area contributed by atoms with Crippen LogP contribution >= 0.6 is 11.3 Å². The molecule has 0 aliphatic carbocycles. The second kappa shape index (κ2) is 7.97. The van der Waals surface area contributed by atoms with Gasteiger partial charge in [-0.2, -0.15) is 0 Å².